The van der Waals surface area contributed by atoms with E-state index in [0.717, 1.165) is 0 Å². The van der Waals surface area contributed by atoms with Crippen molar-refractivity contribution in [2.24, 2.45) is 0 Å². The molecule has 0 spiro atoms. The van der Waals surface area contributed by atoms with E-state index >= 15 is 0 Å². The van der Waals surface area contributed by atoms with Crippen molar-refractivity contribution >= 4 is 31.4 Å². The molecule has 0 N–H and O–H groups in total. The van der Waals surface area contributed by atoms with Crippen LogP contribution in [-0.4, -0.2) is 0 Å². The molecule has 0 saturated heterocycles. The highest BCUT2D eigenvalue weighted by Gasteiger charge is 2.00. The molecule has 0 radical (unpaired) electrons. The van der Waals surface area contributed by atoms with Crippen molar-refractivity contribution in [2.45, 2.75) is 0 Å². The zero-order valence-corrected chi connectivity index (χ0v) is 9.14. The standard InChI is InChI=1S/C10H6S3/c1-2-6-9(5-1)11-13-12-10-7-3-4-8-10/h1-5,7H. The minimum absolute atomic E-state index is 1.18. The first-order valence-electron chi connectivity index (χ1n) is 3.73. The van der Waals surface area contributed by atoms with Crippen molar-refractivity contribution in [3.8, 4) is 0 Å². The zero-order chi connectivity index (χ0) is 8.93. The van der Waals surface area contributed by atoms with Crippen LogP contribution in [-0.2, 0) is 0 Å². The second-order valence-corrected chi connectivity index (χ2v) is 6.29. The molecule has 0 aromatic rings. The number of hydrogen-bond donors (Lipinski definition) is 0. The lowest BCUT2D eigenvalue weighted by Gasteiger charge is -1.95. The van der Waals surface area contributed by atoms with Crippen LogP contribution in [0.2, 0.25) is 0 Å². The van der Waals surface area contributed by atoms with E-state index in [1.165, 1.54) is 9.81 Å². The first-order chi connectivity index (χ1) is 6.45. The maximum atomic E-state index is 3.14. The van der Waals surface area contributed by atoms with Crippen LogP contribution in [0.4, 0.5) is 0 Å². The Labute approximate surface area is 89.0 Å². The van der Waals surface area contributed by atoms with Gasteiger partial charge in [0.05, 0.1) is 9.81 Å². The summed E-state index contributed by atoms with van der Waals surface area (Å²) in [5.74, 6) is 0. The summed E-state index contributed by atoms with van der Waals surface area (Å²) >= 11 is 0. The summed E-state index contributed by atoms with van der Waals surface area (Å²) in [6, 6.07) is 0. The quantitative estimate of drug-likeness (QED) is 0.516. The summed E-state index contributed by atoms with van der Waals surface area (Å²) in [5, 5.41) is 0. The van der Waals surface area contributed by atoms with E-state index in [0.29, 0.717) is 0 Å². The van der Waals surface area contributed by atoms with Gasteiger partial charge in [-0.1, -0.05) is 12.2 Å². The van der Waals surface area contributed by atoms with Gasteiger partial charge in [-0.3, -0.25) is 0 Å². The Balaban J connectivity index is 1.75. The molecule has 0 amide bonds. The number of allylic oxidation sites excluding steroid dienone is 4. The van der Waals surface area contributed by atoms with E-state index in [1.54, 1.807) is 31.4 Å². The van der Waals surface area contributed by atoms with Crippen molar-refractivity contribution in [2.75, 3.05) is 0 Å². The van der Waals surface area contributed by atoms with E-state index in [-0.39, 0.29) is 0 Å². The summed E-state index contributed by atoms with van der Waals surface area (Å²) < 4.78 is 0. The molecule has 0 fully saturated rings. The second-order valence-electron chi connectivity index (χ2n) is 2.30. The van der Waals surface area contributed by atoms with Gasteiger partial charge in [-0.05, 0) is 55.7 Å². The third kappa shape index (κ3) is 2.77. The SMILES string of the molecule is C1=CC=CC=1SSSC1=C=CC=C1. The van der Waals surface area contributed by atoms with Crippen LogP contribution in [0.1, 0.15) is 0 Å². The molecule has 2 aliphatic rings. The molecule has 0 aliphatic heterocycles. The maximum Gasteiger partial charge on any atom is 0.0609 e. The highest BCUT2D eigenvalue weighted by atomic mass is 33.5. The van der Waals surface area contributed by atoms with Gasteiger partial charge in [0.25, 0.3) is 0 Å². The average molecular weight is 222 g/mol. The van der Waals surface area contributed by atoms with Crippen LogP contribution >= 0.6 is 31.4 Å². The van der Waals surface area contributed by atoms with Gasteiger partial charge in [0.15, 0.2) is 0 Å². The van der Waals surface area contributed by atoms with Crippen LogP contribution in [0.3, 0.4) is 0 Å². The lowest BCUT2D eigenvalue weighted by molar-refractivity contribution is 2.05. The molecule has 0 atom stereocenters. The molecule has 64 valence electrons. The first-order valence-corrected chi connectivity index (χ1v) is 7.21. The van der Waals surface area contributed by atoms with Gasteiger partial charge in [-0.25, -0.2) is 0 Å². The average Bonchev–Trinajstić information content (AvgIpc) is 2.75. The largest absolute Gasteiger partial charge is 0.105 e. The molecule has 0 heterocycles. The van der Waals surface area contributed by atoms with E-state index in [2.05, 4.69) is 23.6 Å². The van der Waals surface area contributed by atoms with E-state index < -0.39 is 0 Å². The minimum Gasteiger partial charge on any atom is -0.105 e. The zero-order valence-electron chi connectivity index (χ0n) is 6.69. The molecule has 0 bridgehead atoms. The molecular formula is C10H6S3. The van der Waals surface area contributed by atoms with Gasteiger partial charge in [0, 0.05) is 0 Å². The molecule has 0 unspecified atom stereocenters. The summed E-state index contributed by atoms with van der Waals surface area (Å²) in [4.78, 5) is 2.37. The summed E-state index contributed by atoms with van der Waals surface area (Å²) in [6.07, 6.45) is 12.0. The molecule has 0 nitrogen and oxygen atoms in total. The van der Waals surface area contributed by atoms with Gasteiger partial charge >= 0.3 is 0 Å². The Morgan fingerprint density at radius 2 is 1.38 bits per heavy atom. The molecule has 2 aliphatic carbocycles. The third-order valence-electron chi connectivity index (χ3n) is 1.39. The third-order valence-corrected chi connectivity index (χ3v) is 5.10. The highest BCUT2D eigenvalue weighted by Crippen LogP contribution is 2.44. The Kier molecular flexibility index (Phi) is 3.31. The van der Waals surface area contributed by atoms with Gasteiger partial charge in [-0.2, -0.15) is 0 Å². The topological polar surface area (TPSA) is 0 Å². The van der Waals surface area contributed by atoms with Crippen molar-refractivity contribution in [1.82, 2.24) is 0 Å². The van der Waals surface area contributed by atoms with Gasteiger partial charge in [0.2, 0.25) is 0 Å². The Morgan fingerprint density at radius 3 is 1.77 bits per heavy atom. The van der Waals surface area contributed by atoms with E-state index in [9.17, 15) is 0 Å². The van der Waals surface area contributed by atoms with Crippen LogP contribution in [0, 0.1) is 0 Å². The van der Waals surface area contributed by atoms with Crippen molar-refractivity contribution in [1.29, 1.82) is 0 Å². The van der Waals surface area contributed by atoms with E-state index in [4.69, 9.17) is 0 Å². The fraction of sp³-hybridized carbons (Fsp3) is 0. The van der Waals surface area contributed by atoms with Crippen LogP contribution in [0.5, 0.6) is 0 Å². The predicted octanol–water partition coefficient (Wildman–Crippen LogP) is 4.23. The fourth-order valence-electron chi connectivity index (χ4n) is 0.822. The molecule has 13 heavy (non-hydrogen) atoms. The van der Waals surface area contributed by atoms with Crippen molar-refractivity contribution in [3.63, 3.8) is 0 Å². The molecule has 0 aromatic carbocycles. The monoisotopic (exact) mass is 222 g/mol. The van der Waals surface area contributed by atoms with Crippen LogP contribution < -0.4 is 0 Å². The molecule has 3 heteroatoms. The van der Waals surface area contributed by atoms with E-state index in [1.807, 2.05) is 24.3 Å². The second kappa shape index (κ2) is 4.71. The number of rotatable bonds is 4. The minimum atomic E-state index is 1.18. The summed E-state index contributed by atoms with van der Waals surface area (Å²) in [5.41, 5.74) is 6.27. The normalized spacial score (nSPS) is 16.9. The maximum absolute atomic E-state index is 3.14. The van der Waals surface area contributed by atoms with Gasteiger partial charge < -0.3 is 0 Å². The fourth-order valence-corrected chi connectivity index (χ4v) is 4.29. The molecular weight excluding hydrogens is 216 g/mol. The smallest absolute Gasteiger partial charge is 0.0609 e. The van der Waals surface area contributed by atoms with Crippen LogP contribution in [0.15, 0.2) is 57.7 Å². The van der Waals surface area contributed by atoms with Crippen molar-refractivity contribution < 1.29 is 0 Å². The first kappa shape index (κ1) is 9.14. The van der Waals surface area contributed by atoms with Crippen LogP contribution in [0.25, 0.3) is 0 Å². The van der Waals surface area contributed by atoms with Gasteiger partial charge in [0.1, 0.15) is 0 Å². The van der Waals surface area contributed by atoms with Crippen molar-refractivity contribution in [3.05, 3.63) is 57.7 Å². The lowest BCUT2D eigenvalue weighted by Crippen LogP contribution is -1.58. The molecule has 0 aromatic heterocycles. The molecule has 2 rings (SSSR count). The highest BCUT2D eigenvalue weighted by molar-refractivity contribution is 9.10. The summed E-state index contributed by atoms with van der Waals surface area (Å²) in [7, 11) is 5.20. The Hall–Kier alpha value is -0.430. The molecule has 0 saturated carbocycles. The predicted molar refractivity (Wildman–Crippen MR) is 64.2 cm³/mol. The van der Waals surface area contributed by atoms with Gasteiger partial charge in [-0.15, -0.1) is 11.5 Å². The Bertz CT molecular complexity index is 348. The summed E-state index contributed by atoms with van der Waals surface area (Å²) in [6.45, 7) is 0. The number of hydrogen-bond acceptors (Lipinski definition) is 3. The Morgan fingerprint density at radius 1 is 0.846 bits per heavy atom. The lowest BCUT2D eigenvalue weighted by atomic mass is 10.6.